The van der Waals surface area contributed by atoms with E-state index in [2.05, 4.69) is 19.2 Å². The van der Waals surface area contributed by atoms with Crippen molar-refractivity contribution in [3.05, 3.63) is 12.2 Å². The maximum atomic E-state index is 13.0. The van der Waals surface area contributed by atoms with Gasteiger partial charge in [-0.1, -0.05) is 231 Å². The summed E-state index contributed by atoms with van der Waals surface area (Å²) in [6, 6.07) is -0.798. The number of hydrogen-bond acceptors (Lipinski definition) is 8. The van der Waals surface area contributed by atoms with Crippen molar-refractivity contribution in [3.63, 3.8) is 0 Å². The highest BCUT2D eigenvalue weighted by molar-refractivity contribution is 5.76. The van der Waals surface area contributed by atoms with Gasteiger partial charge in [0.2, 0.25) is 5.91 Å². The highest BCUT2D eigenvalue weighted by Crippen LogP contribution is 2.23. The van der Waals surface area contributed by atoms with Crippen LogP contribution in [0.15, 0.2) is 12.2 Å². The van der Waals surface area contributed by atoms with Crippen LogP contribution < -0.4 is 5.32 Å². The molecule has 9 nitrogen and oxygen atoms in total. The molecule has 9 heteroatoms. The molecule has 1 fully saturated rings. The first kappa shape index (κ1) is 55.9. The quantitative estimate of drug-likeness (QED) is 0.0263. The lowest BCUT2D eigenvalue weighted by Gasteiger charge is -2.40. The van der Waals surface area contributed by atoms with Gasteiger partial charge in [-0.3, -0.25) is 4.79 Å². The molecule has 1 aliphatic rings. The molecular formula is C50H97NO8. The Kier molecular flexibility index (Phi) is 38.9. The fraction of sp³-hybridized carbons (Fsp3) is 0.940. The smallest absolute Gasteiger partial charge is 0.220 e. The largest absolute Gasteiger partial charge is 0.394 e. The minimum atomic E-state index is -1.56. The van der Waals surface area contributed by atoms with E-state index < -0.39 is 49.5 Å². The lowest BCUT2D eigenvalue weighted by atomic mass is 9.99. The molecule has 1 amide bonds. The van der Waals surface area contributed by atoms with Crippen molar-refractivity contribution in [1.29, 1.82) is 0 Å². The van der Waals surface area contributed by atoms with Crippen molar-refractivity contribution < 1.29 is 39.8 Å². The van der Waals surface area contributed by atoms with Crippen molar-refractivity contribution in [2.45, 2.75) is 288 Å². The normalized spacial score (nSPS) is 20.7. The Labute approximate surface area is 363 Å². The summed E-state index contributed by atoms with van der Waals surface area (Å²) in [5.41, 5.74) is 0. The second-order valence-corrected chi connectivity index (χ2v) is 18.0. The van der Waals surface area contributed by atoms with Crippen molar-refractivity contribution in [1.82, 2.24) is 5.32 Å². The SMILES string of the molecule is CCCCCCCCCCCCC/C=C/[C@@H](O)[C@H](CO[C@H]1O[C@@H](CO)[C@H](O)C(O)C1O)NC(=O)CCCCCCCCCCCCCCCCCCCCCCCCC. The predicted octanol–water partition coefficient (Wildman–Crippen LogP) is 11.3. The molecule has 0 spiro atoms. The van der Waals surface area contributed by atoms with Gasteiger partial charge in [0.15, 0.2) is 6.29 Å². The summed E-state index contributed by atoms with van der Waals surface area (Å²) < 4.78 is 11.2. The molecule has 59 heavy (non-hydrogen) atoms. The molecule has 0 radical (unpaired) electrons. The number of carbonyl (C=O) groups is 1. The van der Waals surface area contributed by atoms with Gasteiger partial charge < -0.3 is 40.3 Å². The van der Waals surface area contributed by atoms with E-state index in [9.17, 15) is 30.3 Å². The van der Waals surface area contributed by atoms with Crippen molar-refractivity contribution in [2.75, 3.05) is 13.2 Å². The first-order chi connectivity index (χ1) is 28.8. The van der Waals surface area contributed by atoms with Gasteiger partial charge in [-0.05, 0) is 19.3 Å². The number of ether oxygens (including phenoxy) is 2. The summed E-state index contributed by atoms with van der Waals surface area (Å²) in [4.78, 5) is 13.0. The van der Waals surface area contributed by atoms with E-state index in [0.29, 0.717) is 6.42 Å². The maximum absolute atomic E-state index is 13.0. The lowest BCUT2D eigenvalue weighted by Crippen LogP contribution is -2.60. The number of nitrogens with one attached hydrogen (secondary N) is 1. The molecule has 0 aromatic heterocycles. The molecule has 1 rings (SSSR count). The first-order valence-corrected chi connectivity index (χ1v) is 25.4. The van der Waals surface area contributed by atoms with Crippen LogP contribution in [0.25, 0.3) is 0 Å². The van der Waals surface area contributed by atoms with Gasteiger partial charge in [0.05, 0.1) is 25.4 Å². The van der Waals surface area contributed by atoms with Crippen LogP contribution in [-0.2, 0) is 14.3 Å². The van der Waals surface area contributed by atoms with Crippen molar-refractivity contribution in [2.24, 2.45) is 0 Å². The van der Waals surface area contributed by atoms with Crippen LogP contribution in [0.2, 0.25) is 0 Å². The maximum Gasteiger partial charge on any atom is 0.220 e. The van der Waals surface area contributed by atoms with Gasteiger partial charge in [0, 0.05) is 6.42 Å². The average Bonchev–Trinajstić information content (AvgIpc) is 3.23. The monoisotopic (exact) mass is 840 g/mol. The fourth-order valence-corrected chi connectivity index (χ4v) is 8.28. The van der Waals surface area contributed by atoms with Gasteiger partial charge in [-0.15, -0.1) is 0 Å². The predicted molar refractivity (Wildman–Crippen MR) is 244 cm³/mol. The topological polar surface area (TPSA) is 149 Å². The zero-order valence-electron chi connectivity index (χ0n) is 38.5. The number of rotatable bonds is 43. The number of unbranched alkanes of at least 4 members (excludes halogenated alkanes) is 33. The fourth-order valence-electron chi connectivity index (χ4n) is 8.28. The summed E-state index contributed by atoms with van der Waals surface area (Å²) >= 11 is 0. The van der Waals surface area contributed by atoms with Crippen LogP contribution in [0.1, 0.15) is 245 Å². The van der Waals surface area contributed by atoms with Crippen LogP contribution in [-0.4, -0.2) is 87.5 Å². The van der Waals surface area contributed by atoms with Crippen LogP contribution in [0.4, 0.5) is 0 Å². The highest BCUT2D eigenvalue weighted by atomic mass is 16.7. The van der Waals surface area contributed by atoms with Gasteiger partial charge >= 0.3 is 0 Å². The summed E-state index contributed by atoms with van der Waals surface area (Å²) in [5, 5.41) is 54.3. The molecular weight excluding hydrogens is 743 g/mol. The van der Waals surface area contributed by atoms with E-state index in [1.165, 1.54) is 186 Å². The second-order valence-electron chi connectivity index (χ2n) is 18.0. The van der Waals surface area contributed by atoms with E-state index in [1.807, 2.05) is 6.08 Å². The molecule has 7 atom stereocenters. The Morgan fingerprint density at radius 1 is 0.559 bits per heavy atom. The molecule has 1 saturated heterocycles. The van der Waals surface area contributed by atoms with Gasteiger partial charge in [-0.2, -0.15) is 0 Å². The van der Waals surface area contributed by atoms with Crippen molar-refractivity contribution >= 4 is 5.91 Å². The molecule has 6 N–H and O–H groups in total. The van der Waals surface area contributed by atoms with E-state index in [1.54, 1.807) is 6.08 Å². The number of aliphatic hydroxyl groups is 5. The Balaban J connectivity index is 2.24. The average molecular weight is 840 g/mol. The Morgan fingerprint density at radius 3 is 1.32 bits per heavy atom. The third-order valence-electron chi connectivity index (χ3n) is 12.4. The molecule has 0 aromatic carbocycles. The Bertz CT molecular complexity index is 935. The molecule has 2 unspecified atom stereocenters. The van der Waals surface area contributed by atoms with Crippen LogP contribution >= 0.6 is 0 Å². The van der Waals surface area contributed by atoms with E-state index in [0.717, 1.165) is 38.5 Å². The highest BCUT2D eigenvalue weighted by Gasteiger charge is 2.44. The third-order valence-corrected chi connectivity index (χ3v) is 12.4. The zero-order valence-corrected chi connectivity index (χ0v) is 38.5. The molecule has 1 heterocycles. The lowest BCUT2D eigenvalue weighted by molar-refractivity contribution is -0.302. The summed E-state index contributed by atoms with van der Waals surface area (Å²) in [5.74, 6) is -0.172. The Hall–Kier alpha value is -1.07. The van der Waals surface area contributed by atoms with Gasteiger partial charge in [0.1, 0.15) is 24.4 Å². The molecule has 0 saturated carbocycles. The minimum Gasteiger partial charge on any atom is -0.394 e. The number of amides is 1. The molecule has 350 valence electrons. The third kappa shape index (κ3) is 31.4. The number of aliphatic hydroxyl groups excluding tert-OH is 5. The standard InChI is InChI=1S/C50H97NO8/c1-3-5-7-9-11-13-15-17-18-19-20-21-22-23-24-25-26-28-30-32-34-36-38-40-46(54)51-43(42-58-50-49(57)48(56)47(55)45(41-52)59-50)44(53)39-37-35-33-31-29-27-16-14-12-10-8-6-4-2/h37,39,43-45,47-50,52-53,55-57H,3-36,38,40-42H2,1-2H3,(H,51,54)/b39-37+/t43-,44+,45-,47-,48?,49?,50-/m0/s1. The number of hydrogen-bond donors (Lipinski definition) is 6. The molecule has 0 bridgehead atoms. The second kappa shape index (κ2) is 41.0. The summed E-state index contributed by atoms with van der Waals surface area (Å²) in [6.45, 7) is 3.79. The van der Waals surface area contributed by atoms with Gasteiger partial charge in [0.25, 0.3) is 0 Å². The molecule has 0 aromatic rings. The Morgan fingerprint density at radius 2 is 0.932 bits per heavy atom. The first-order valence-electron chi connectivity index (χ1n) is 25.4. The minimum absolute atomic E-state index is 0.172. The molecule has 1 aliphatic heterocycles. The van der Waals surface area contributed by atoms with E-state index >= 15 is 0 Å². The zero-order chi connectivity index (χ0) is 43.0. The van der Waals surface area contributed by atoms with Crippen molar-refractivity contribution in [3.8, 4) is 0 Å². The van der Waals surface area contributed by atoms with Gasteiger partial charge in [-0.25, -0.2) is 0 Å². The van der Waals surface area contributed by atoms with Crippen LogP contribution in [0.5, 0.6) is 0 Å². The van der Waals surface area contributed by atoms with E-state index in [4.69, 9.17) is 9.47 Å². The molecule has 0 aliphatic carbocycles. The van der Waals surface area contributed by atoms with Crippen LogP contribution in [0, 0.1) is 0 Å². The summed E-state index contributed by atoms with van der Waals surface area (Å²) in [6.07, 6.45) is 41.2. The number of carbonyl (C=O) groups excluding carboxylic acids is 1. The van der Waals surface area contributed by atoms with Crippen LogP contribution in [0.3, 0.4) is 0 Å². The van der Waals surface area contributed by atoms with E-state index in [-0.39, 0.29) is 12.5 Å². The number of allylic oxidation sites excluding steroid dienone is 1. The summed E-state index contributed by atoms with van der Waals surface area (Å²) in [7, 11) is 0.